The van der Waals surface area contributed by atoms with E-state index in [4.69, 9.17) is 9.47 Å². The van der Waals surface area contributed by atoms with Gasteiger partial charge in [-0.2, -0.15) is 8.78 Å². The number of carbonyl (C=O) groups excluding carboxylic acids is 4. The van der Waals surface area contributed by atoms with E-state index in [1.165, 1.54) is 35.4 Å². The second kappa shape index (κ2) is 14.1. The molecular weight excluding hydrogens is 704 g/mol. The van der Waals surface area contributed by atoms with Crippen LogP contribution in [0, 0.1) is 11.3 Å². The van der Waals surface area contributed by atoms with Crippen molar-refractivity contribution in [1.82, 2.24) is 25.2 Å². The number of amides is 4. The Hall–Kier alpha value is -4.54. The van der Waals surface area contributed by atoms with Crippen molar-refractivity contribution in [2.24, 2.45) is 11.3 Å². The topological polar surface area (TPSA) is 182 Å². The fourth-order valence-electron chi connectivity index (χ4n) is 6.24. The van der Waals surface area contributed by atoms with Gasteiger partial charge < -0.3 is 29.7 Å². The van der Waals surface area contributed by atoms with E-state index in [0.717, 1.165) is 0 Å². The molecule has 2 aromatic rings. The molecule has 1 aromatic carbocycles. The smallest absolute Gasteiger partial charge is 0.408 e. The highest BCUT2D eigenvalue weighted by Gasteiger charge is 2.62. The molecule has 0 spiro atoms. The molecule has 3 fully saturated rings. The van der Waals surface area contributed by atoms with Crippen molar-refractivity contribution >= 4 is 44.6 Å². The van der Waals surface area contributed by atoms with Crippen LogP contribution >= 0.6 is 0 Å². The molecule has 3 N–H and O–H groups in total. The SMILES string of the molecule is C=CC1CC1(NC(=O)C1CC(Oc2nccc3c(OC(F)F)cccc23)CN1C(=O)C(NC(=O)OC(C)(C)C)C(C)(C)C)C(=O)NS(=O)(=O)C1CC1. The standard InChI is InChI=1S/C35H45F2N5O9S/c1-8-19-17-35(19,30(45)41-52(47,48)21-12-13-21)40-27(43)24-16-20(49-28-23-10-9-11-25(50-31(36)37)22(23)14-15-38-28)18-42(24)29(44)26(33(2,3)4)39-32(46)51-34(5,6)7/h8-11,14-15,19-21,24,26,31H,1,12-13,16-18H2,2-7H3,(H,39,46)(H,40,43)(H,41,45). The number of aromatic nitrogens is 1. The van der Waals surface area contributed by atoms with Crippen LogP contribution in [0.4, 0.5) is 13.6 Å². The monoisotopic (exact) mass is 749 g/mol. The first-order valence-corrected chi connectivity index (χ1v) is 18.5. The number of fused-ring (bicyclic) bond motifs is 1. The molecule has 0 radical (unpaired) electrons. The third-order valence-corrected chi connectivity index (χ3v) is 10.9. The first-order valence-electron chi connectivity index (χ1n) is 16.9. The number of halogens is 2. The van der Waals surface area contributed by atoms with E-state index in [9.17, 15) is 36.4 Å². The number of likely N-dealkylation sites (tertiary alicyclic amines) is 1. The summed E-state index contributed by atoms with van der Waals surface area (Å²) >= 11 is 0. The van der Waals surface area contributed by atoms with Gasteiger partial charge in [0.1, 0.15) is 35.1 Å². The minimum Gasteiger partial charge on any atom is -0.472 e. The zero-order valence-electron chi connectivity index (χ0n) is 29.9. The number of hydrogen-bond acceptors (Lipinski definition) is 10. The number of rotatable bonds is 12. The van der Waals surface area contributed by atoms with E-state index < -0.39 is 86.4 Å². The molecular formula is C35H45F2N5O9S. The van der Waals surface area contributed by atoms with Crippen LogP contribution in [0.25, 0.3) is 10.8 Å². The molecule has 2 heterocycles. The van der Waals surface area contributed by atoms with E-state index in [1.807, 2.05) is 0 Å². The molecule has 17 heteroatoms. The predicted molar refractivity (Wildman–Crippen MR) is 185 cm³/mol. The number of alkyl halides is 2. The zero-order valence-corrected chi connectivity index (χ0v) is 30.7. The van der Waals surface area contributed by atoms with Gasteiger partial charge in [0.25, 0.3) is 5.91 Å². The summed E-state index contributed by atoms with van der Waals surface area (Å²) in [6, 6.07) is 3.49. The van der Waals surface area contributed by atoms with E-state index >= 15 is 0 Å². The normalized spacial score (nSPS) is 23.8. The summed E-state index contributed by atoms with van der Waals surface area (Å²) < 4.78 is 70.0. The fraction of sp³-hybridized carbons (Fsp3) is 0.571. The van der Waals surface area contributed by atoms with Crippen molar-refractivity contribution in [3.63, 3.8) is 0 Å². The minimum absolute atomic E-state index is 0.0324. The van der Waals surface area contributed by atoms with Crippen molar-refractivity contribution < 1.29 is 50.6 Å². The Bertz CT molecular complexity index is 1860. The van der Waals surface area contributed by atoms with Gasteiger partial charge in [-0.3, -0.25) is 19.1 Å². The quantitative estimate of drug-likeness (QED) is 0.270. The van der Waals surface area contributed by atoms with Crippen molar-refractivity contribution in [3.8, 4) is 11.6 Å². The summed E-state index contributed by atoms with van der Waals surface area (Å²) in [5.41, 5.74) is -3.37. The van der Waals surface area contributed by atoms with Crippen LogP contribution in [0.15, 0.2) is 43.1 Å². The molecule has 5 atom stereocenters. The Kier molecular flexibility index (Phi) is 10.5. The number of alkyl carbamates (subject to hydrolysis) is 1. The maximum Gasteiger partial charge on any atom is 0.408 e. The third kappa shape index (κ3) is 8.56. The number of nitrogens with zero attached hydrogens (tertiary/aromatic N) is 2. The summed E-state index contributed by atoms with van der Waals surface area (Å²) in [5, 5.41) is 5.30. The molecule has 1 saturated heterocycles. The Morgan fingerprint density at radius 1 is 1.08 bits per heavy atom. The predicted octanol–water partition coefficient (Wildman–Crippen LogP) is 3.79. The highest BCUT2D eigenvalue weighted by molar-refractivity contribution is 7.91. The second-order valence-electron chi connectivity index (χ2n) is 15.5. The second-order valence-corrected chi connectivity index (χ2v) is 17.4. The Morgan fingerprint density at radius 2 is 1.77 bits per heavy atom. The third-order valence-electron chi connectivity index (χ3n) is 9.10. The van der Waals surface area contributed by atoms with E-state index in [0.29, 0.717) is 23.6 Å². The van der Waals surface area contributed by atoms with Gasteiger partial charge in [0, 0.05) is 29.3 Å². The number of nitrogens with one attached hydrogen (secondary N) is 3. The number of pyridine rings is 1. The minimum atomic E-state index is -3.94. The van der Waals surface area contributed by atoms with Crippen LogP contribution in [0.1, 0.15) is 67.2 Å². The lowest BCUT2D eigenvalue weighted by Gasteiger charge is -2.36. The lowest BCUT2D eigenvalue weighted by Crippen LogP contribution is -2.60. The molecule has 2 saturated carbocycles. The number of carbonyl (C=O) groups is 4. The molecule has 14 nitrogen and oxygen atoms in total. The van der Waals surface area contributed by atoms with Gasteiger partial charge in [-0.05, 0) is 63.6 Å². The highest BCUT2D eigenvalue weighted by atomic mass is 32.2. The molecule has 2 aliphatic carbocycles. The summed E-state index contributed by atoms with van der Waals surface area (Å²) in [7, 11) is -3.94. The van der Waals surface area contributed by atoms with Gasteiger partial charge >= 0.3 is 12.7 Å². The molecule has 284 valence electrons. The lowest BCUT2D eigenvalue weighted by atomic mass is 9.85. The van der Waals surface area contributed by atoms with Crippen molar-refractivity contribution in [3.05, 3.63) is 43.1 Å². The molecule has 3 aliphatic rings. The molecule has 52 heavy (non-hydrogen) atoms. The largest absolute Gasteiger partial charge is 0.472 e. The number of benzene rings is 1. The van der Waals surface area contributed by atoms with Gasteiger partial charge in [0.2, 0.25) is 27.7 Å². The number of hydrogen-bond donors (Lipinski definition) is 3. The first kappa shape index (κ1) is 38.7. The summed E-state index contributed by atoms with van der Waals surface area (Å²) in [5.74, 6) is -2.95. The average molecular weight is 750 g/mol. The van der Waals surface area contributed by atoms with Crippen LogP contribution in [0.5, 0.6) is 11.6 Å². The summed E-state index contributed by atoms with van der Waals surface area (Å²) in [6.45, 7) is 10.7. The van der Waals surface area contributed by atoms with Crippen LogP contribution < -0.4 is 24.8 Å². The van der Waals surface area contributed by atoms with Gasteiger partial charge in [-0.1, -0.05) is 32.9 Å². The molecule has 5 unspecified atom stereocenters. The molecule has 5 rings (SSSR count). The number of sulfonamides is 1. The van der Waals surface area contributed by atoms with Crippen molar-refractivity contribution in [2.45, 2.75) is 108 Å². The number of ether oxygens (including phenoxy) is 3. The summed E-state index contributed by atoms with van der Waals surface area (Å²) in [6.07, 6.45) is 1.89. The van der Waals surface area contributed by atoms with E-state index in [2.05, 4.69) is 31.7 Å². The summed E-state index contributed by atoms with van der Waals surface area (Å²) in [4.78, 5) is 60.5. The van der Waals surface area contributed by atoms with Crippen LogP contribution in [0.2, 0.25) is 0 Å². The van der Waals surface area contributed by atoms with E-state index in [-0.39, 0.29) is 31.0 Å². The highest BCUT2D eigenvalue weighted by Crippen LogP contribution is 2.45. The Morgan fingerprint density at radius 3 is 2.35 bits per heavy atom. The maximum absolute atomic E-state index is 14.4. The average Bonchev–Trinajstić information content (AvgIpc) is 3.95. The van der Waals surface area contributed by atoms with Crippen LogP contribution in [-0.2, 0) is 29.1 Å². The lowest BCUT2D eigenvalue weighted by molar-refractivity contribution is -0.143. The molecule has 4 amide bonds. The van der Waals surface area contributed by atoms with Gasteiger partial charge in [-0.15, -0.1) is 6.58 Å². The molecule has 1 aromatic heterocycles. The molecule has 0 bridgehead atoms. The zero-order chi connectivity index (χ0) is 38.4. The van der Waals surface area contributed by atoms with Crippen LogP contribution in [0.3, 0.4) is 0 Å². The Balaban J connectivity index is 1.46. The Labute approximate surface area is 301 Å². The maximum atomic E-state index is 14.4. The fourth-order valence-corrected chi connectivity index (χ4v) is 7.60. The first-order chi connectivity index (χ1) is 24.1. The van der Waals surface area contributed by atoms with Gasteiger partial charge in [0.15, 0.2) is 0 Å². The van der Waals surface area contributed by atoms with Crippen molar-refractivity contribution in [2.75, 3.05) is 6.54 Å². The molecule has 1 aliphatic heterocycles. The van der Waals surface area contributed by atoms with Gasteiger partial charge in [0.05, 0.1) is 11.8 Å². The van der Waals surface area contributed by atoms with E-state index in [1.54, 1.807) is 47.6 Å². The van der Waals surface area contributed by atoms with Crippen molar-refractivity contribution in [1.29, 1.82) is 0 Å². The van der Waals surface area contributed by atoms with Gasteiger partial charge in [-0.25, -0.2) is 18.2 Å². The van der Waals surface area contributed by atoms with Crippen LogP contribution in [-0.4, -0.2) is 89.9 Å².